The van der Waals surface area contributed by atoms with Crippen molar-refractivity contribution >= 4 is 0 Å². The molecule has 0 aromatic heterocycles. The van der Waals surface area contributed by atoms with Gasteiger partial charge in [0.05, 0.1) is 0 Å². The molecule has 1 rings (SSSR count). The highest BCUT2D eigenvalue weighted by Crippen LogP contribution is 2.61. The van der Waals surface area contributed by atoms with Gasteiger partial charge in [0.2, 0.25) is 0 Å². The number of hydrogen-bond acceptors (Lipinski definition) is 0. The zero-order chi connectivity index (χ0) is 9.24. The molecule has 0 amide bonds. The van der Waals surface area contributed by atoms with Gasteiger partial charge < -0.3 is 0 Å². The molecule has 1 saturated carbocycles. The second-order valence-electron chi connectivity index (χ2n) is 5.08. The smallest absolute Gasteiger partial charge is 0.0272 e. The normalized spacial score (nSPS) is 25.0. The highest BCUT2D eigenvalue weighted by Gasteiger charge is 2.50. The lowest BCUT2D eigenvalue weighted by Crippen LogP contribution is -2.25. The van der Waals surface area contributed by atoms with Gasteiger partial charge >= 0.3 is 0 Å². The zero-order valence-corrected chi connectivity index (χ0v) is 9.24. The average Bonchev–Trinajstić information content (AvgIpc) is 2.81. The van der Waals surface area contributed by atoms with Crippen molar-refractivity contribution in [3.63, 3.8) is 0 Å². The zero-order valence-electron chi connectivity index (χ0n) is 9.24. The molecule has 72 valence electrons. The van der Waals surface area contributed by atoms with Gasteiger partial charge in [0.15, 0.2) is 0 Å². The van der Waals surface area contributed by atoms with Crippen LogP contribution in [0.3, 0.4) is 0 Å². The molecule has 0 nitrogen and oxygen atoms in total. The van der Waals surface area contributed by atoms with E-state index >= 15 is 0 Å². The Morgan fingerprint density at radius 2 is 1.83 bits per heavy atom. The summed E-state index contributed by atoms with van der Waals surface area (Å²) >= 11 is 0. The summed E-state index contributed by atoms with van der Waals surface area (Å²) in [5.74, 6) is 0. The van der Waals surface area contributed by atoms with E-state index in [1.807, 2.05) is 0 Å². The monoisotopic (exact) mass is 168 g/mol. The third kappa shape index (κ3) is 1.67. The Labute approximate surface area is 77.7 Å². The van der Waals surface area contributed by atoms with Gasteiger partial charge in [-0.1, -0.05) is 47.0 Å². The fraction of sp³-hybridized carbons (Fsp3) is 1.00. The van der Waals surface area contributed by atoms with Gasteiger partial charge in [-0.2, -0.15) is 0 Å². The summed E-state index contributed by atoms with van der Waals surface area (Å²) in [6, 6.07) is 0. The molecule has 1 aliphatic carbocycles. The minimum absolute atomic E-state index is 0.642. The van der Waals surface area contributed by atoms with Crippen molar-refractivity contribution < 1.29 is 0 Å². The molecule has 0 heterocycles. The van der Waals surface area contributed by atoms with Crippen LogP contribution >= 0.6 is 0 Å². The molecule has 0 aliphatic heterocycles. The minimum atomic E-state index is 0.642. The largest absolute Gasteiger partial charge is 0.0654 e. The molecule has 0 aromatic rings. The summed E-state index contributed by atoms with van der Waals surface area (Å²) < 4.78 is 0. The molecule has 1 aliphatic rings. The second-order valence-corrected chi connectivity index (χ2v) is 5.08. The molecule has 0 bridgehead atoms. The summed E-state index contributed by atoms with van der Waals surface area (Å²) in [4.78, 5) is 0. The molecular formula is C12H24. The highest BCUT2D eigenvalue weighted by molar-refractivity contribution is 5.01. The highest BCUT2D eigenvalue weighted by atomic mass is 14.6. The van der Waals surface area contributed by atoms with Crippen LogP contribution in [-0.4, -0.2) is 0 Å². The maximum atomic E-state index is 2.50. The van der Waals surface area contributed by atoms with Gasteiger partial charge in [0, 0.05) is 0 Å². The van der Waals surface area contributed by atoms with Crippen LogP contribution in [0.1, 0.15) is 66.2 Å². The maximum Gasteiger partial charge on any atom is -0.0272 e. The number of unbranched alkanes of at least 4 members (excludes halogenated alkanes) is 1. The summed E-state index contributed by atoms with van der Waals surface area (Å²) in [5, 5.41) is 0. The van der Waals surface area contributed by atoms with Crippen LogP contribution in [0, 0.1) is 10.8 Å². The van der Waals surface area contributed by atoms with E-state index in [4.69, 9.17) is 0 Å². The number of hydrogen-bond donors (Lipinski definition) is 0. The standard InChI is InChI=1S/C12H24/c1-5-7-8-11(3,6-2)12(4)9-10-12/h5-10H2,1-4H3. The van der Waals surface area contributed by atoms with Crippen LogP contribution in [0.25, 0.3) is 0 Å². The number of rotatable bonds is 5. The Bertz CT molecular complexity index is 144. The van der Waals surface area contributed by atoms with E-state index in [9.17, 15) is 0 Å². The molecule has 1 unspecified atom stereocenters. The minimum Gasteiger partial charge on any atom is -0.0654 e. The lowest BCUT2D eigenvalue weighted by Gasteiger charge is -2.35. The van der Waals surface area contributed by atoms with Gasteiger partial charge in [-0.05, 0) is 30.1 Å². The third-order valence-electron chi connectivity index (χ3n) is 4.32. The summed E-state index contributed by atoms with van der Waals surface area (Å²) in [7, 11) is 0. The lowest BCUT2D eigenvalue weighted by molar-refractivity contribution is 0.149. The summed E-state index contributed by atoms with van der Waals surface area (Å²) in [6.45, 7) is 9.63. The molecule has 0 aromatic carbocycles. The average molecular weight is 168 g/mol. The predicted molar refractivity (Wildman–Crippen MR) is 55.3 cm³/mol. The molecule has 12 heavy (non-hydrogen) atoms. The van der Waals surface area contributed by atoms with Crippen molar-refractivity contribution in [2.75, 3.05) is 0 Å². The Morgan fingerprint density at radius 1 is 1.25 bits per heavy atom. The quantitative estimate of drug-likeness (QED) is 0.571. The fourth-order valence-electron chi connectivity index (χ4n) is 2.26. The molecule has 0 spiro atoms. The summed E-state index contributed by atoms with van der Waals surface area (Å²) in [5.41, 5.74) is 1.35. The van der Waals surface area contributed by atoms with Crippen molar-refractivity contribution in [3.05, 3.63) is 0 Å². The van der Waals surface area contributed by atoms with Crippen LogP contribution in [-0.2, 0) is 0 Å². The van der Waals surface area contributed by atoms with Crippen LogP contribution in [0.2, 0.25) is 0 Å². The van der Waals surface area contributed by atoms with E-state index in [1.165, 1.54) is 38.5 Å². The topological polar surface area (TPSA) is 0 Å². The first-order chi connectivity index (χ1) is 5.58. The third-order valence-corrected chi connectivity index (χ3v) is 4.32. The molecule has 0 saturated heterocycles. The van der Waals surface area contributed by atoms with E-state index in [2.05, 4.69) is 27.7 Å². The van der Waals surface area contributed by atoms with Crippen molar-refractivity contribution in [2.45, 2.75) is 66.2 Å². The Hall–Kier alpha value is 0. The van der Waals surface area contributed by atoms with Gasteiger partial charge in [-0.3, -0.25) is 0 Å². The van der Waals surface area contributed by atoms with Crippen molar-refractivity contribution in [1.29, 1.82) is 0 Å². The van der Waals surface area contributed by atoms with E-state index in [1.54, 1.807) is 0 Å². The second kappa shape index (κ2) is 3.40. The van der Waals surface area contributed by atoms with Crippen LogP contribution in [0.5, 0.6) is 0 Å². The summed E-state index contributed by atoms with van der Waals surface area (Å²) in [6.07, 6.45) is 8.52. The molecular weight excluding hydrogens is 144 g/mol. The molecule has 1 atom stereocenters. The van der Waals surface area contributed by atoms with Crippen molar-refractivity contribution in [3.8, 4) is 0 Å². The molecule has 0 N–H and O–H groups in total. The fourth-order valence-corrected chi connectivity index (χ4v) is 2.26. The van der Waals surface area contributed by atoms with Gasteiger partial charge in [-0.25, -0.2) is 0 Å². The first-order valence-electron chi connectivity index (χ1n) is 5.58. The van der Waals surface area contributed by atoms with E-state index in [0.29, 0.717) is 10.8 Å². The predicted octanol–water partition coefficient (Wildman–Crippen LogP) is 4.39. The molecule has 0 heteroatoms. The van der Waals surface area contributed by atoms with Crippen LogP contribution < -0.4 is 0 Å². The van der Waals surface area contributed by atoms with Gasteiger partial charge in [0.25, 0.3) is 0 Å². The molecule has 1 fully saturated rings. The van der Waals surface area contributed by atoms with Gasteiger partial charge in [-0.15, -0.1) is 0 Å². The van der Waals surface area contributed by atoms with E-state index in [0.717, 1.165) is 0 Å². The van der Waals surface area contributed by atoms with Gasteiger partial charge in [0.1, 0.15) is 0 Å². The molecule has 0 radical (unpaired) electrons. The lowest BCUT2D eigenvalue weighted by atomic mass is 9.70. The van der Waals surface area contributed by atoms with E-state index in [-0.39, 0.29) is 0 Å². The first-order valence-corrected chi connectivity index (χ1v) is 5.58. The van der Waals surface area contributed by atoms with Crippen LogP contribution in [0.4, 0.5) is 0 Å². The van der Waals surface area contributed by atoms with Crippen molar-refractivity contribution in [2.24, 2.45) is 10.8 Å². The SMILES string of the molecule is CCCCC(C)(CC)C1(C)CC1. The van der Waals surface area contributed by atoms with E-state index < -0.39 is 0 Å². The Balaban J connectivity index is 2.50. The van der Waals surface area contributed by atoms with Crippen molar-refractivity contribution in [1.82, 2.24) is 0 Å². The Kier molecular flexibility index (Phi) is 2.85. The Morgan fingerprint density at radius 3 is 2.17 bits per heavy atom. The first kappa shape index (κ1) is 10.1. The maximum absolute atomic E-state index is 2.50. The van der Waals surface area contributed by atoms with Crippen LogP contribution in [0.15, 0.2) is 0 Å².